The summed E-state index contributed by atoms with van der Waals surface area (Å²) in [6.45, 7) is 5.22. The zero-order valence-corrected chi connectivity index (χ0v) is 12.0. The molecule has 108 valence electrons. The number of hydrogen-bond acceptors (Lipinski definition) is 4. The lowest BCUT2D eigenvalue weighted by Crippen LogP contribution is -2.15. The molecule has 6 heteroatoms. The van der Waals surface area contributed by atoms with Crippen LogP contribution in [0.2, 0.25) is 0 Å². The SMILES string of the molecule is CCCNCc1ccnc(Oc2cc(C)nn2C)c1F. The van der Waals surface area contributed by atoms with Crippen LogP contribution in [0.5, 0.6) is 11.8 Å². The molecule has 0 spiro atoms. The molecule has 1 N–H and O–H groups in total. The zero-order chi connectivity index (χ0) is 14.5. The number of nitrogens with one attached hydrogen (secondary N) is 1. The van der Waals surface area contributed by atoms with Crippen LogP contribution in [0.1, 0.15) is 24.6 Å². The van der Waals surface area contributed by atoms with Crippen molar-refractivity contribution in [2.75, 3.05) is 6.54 Å². The van der Waals surface area contributed by atoms with Crippen LogP contribution in [0.4, 0.5) is 4.39 Å². The Morgan fingerprint density at radius 3 is 2.90 bits per heavy atom. The van der Waals surface area contributed by atoms with E-state index in [0.717, 1.165) is 18.7 Å². The van der Waals surface area contributed by atoms with Crippen LogP contribution in [0.25, 0.3) is 0 Å². The average molecular weight is 278 g/mol. The van der Waals surface area contributed by atoms with E-state index in [2.05, 4.69) is 22.3 Å². The molecule has 0 saturated carbocycles. The summed E-state index contributed by atoms with van der Waals surface area (Å²) in [6, 6.07) is 3.39. The summed E-state index contributed by atoms with van der Waals surface area (Å²) in [5.74, 6) is 0.00585. The summed E-state index contributed by atoms with van der Waals surface area (Å²) < 4.78 is 21.3. The number of pyridine rings is 1. The van der Waals surface area contributed by atoms with Gasteiger partial charge in [-0.3, -0.25) is 0 Å². The molecule has 0 aliphatic rings. The van der Waals surface area contributed by atoms with E-state index in [-0.39, 0.29) is 5.88 Å². The number of hydrogen-bond donors (Lipinski definition) is 1. The molecule has 0 radical (unpaired) electrons. The van der Waals surface area contributed by atoms with E-state index in [1.165, 1.54) is 0 Å². The highest BCUT2D eigenvalue weighted by Gasteiger charge is 2.13. The highest BCUT2D eigenvalue weighted by Crippen LogP contribution is 2.24. The van der Waals surface area contributed by atoms with Crippen LogP contribution >= 0.6 is 0 Å². The van der Waals surface area contributed by atoms with E-state index in [0.29, 0.717) is 18.0 Å². The van der Waals surface area contributed by atoms with Gasteiger partial charge in [0.15, 0.2) is 5.82 Å². The molecule has 0 amide bonds. The van der Waals surface area contributed by atoms with Gasteiger partial charge >= 0.3 is 0 Å². The predicted molar refractivity (Wildman–Crippen MR) is 74.2 cm³/mol. The summed E-state index contributed by atoms with van der Waals surface area (Å²) in [7, 11) is 1.74. The maximum absolute atomic E-state index is 14.3. The molecular formula is C14H19FN4O. The van der Waals surface area contributed by atoms with E-state index in [4.69, 9.17) is 4.74 Å². The lowest BCUT2D eigenvalue weighted by Gasteiger charge is -2.09. The smallest absolute Gasteiger partial charge is 0.257 e. The molecule has 0 atom stereocenters. The van der Waals surface area contributed by atoms with Gasteiger partial charge in [-0.1, -0.05) is 6.92 Å². The second-order valence-corrected chi connectivity index (χ2v) is 4.62. The molecule has 0 aromatic carbocycles. The third-order valence-electron chi connectivity index (χ3n) is 2.84. The Bertz CT molecular complexity index is 583. The second kappa shape index (κ2) is 6.47. The van der Waals surface area contributed by atoms with Gasteiger partial charge in [0.2, 0.25) is 5.88 Å². The Kier molecular flexibility index (Phi) is 4.68. The topological polar surface area (TPSA) is 52.0 Å². The van der Waals surface area contributed by atoms with Crippen molar-refractivity contribution in [3.8, 4) is 11.8 Å². The van der Waals surface area contributed by atoms with Gasteiger partial charge in [-0.05, 0) is 26.0 Å². The number of nitrogens with zero attached hydrogens (tertiary/aromatic N) is 3. The van der Waals surface area contributed by atoms with Gasteiger partial charge < -0.3 is 10.1 Å². The van der Waals surface area contributed by atoms with Crippen molar-refractivity contribution in [1.82, 2.24) is 20.1 Å². The molecule has 2 aromatic rings. The van der Waals surface area contributed by atoms with Crippen molar-refractivity contribution < 1.29 is 9.13 Å². The molecule has 5 nitrogen and oxygen atoms in total. The molecule has 2 aromatic heterocycles. The Hall–Kier alpha value is -1.95. The largest absolute Gasteiger partial charge is 0.418 e. The Labute approximate surface area is 117 Å². The Morgan fingerprint density at radius 1 is 1.45 bits per heavy atom. The first-order chi connectivity index (χ1) is 9.61. The highest BCUT2D eigenvalue weighted by molar-refractivity contribution is 5.27. The molecule has 0 unspecified atom stereocenters. The highest BCUT2D eigenvalue weighted by atomic mass is 19.1. The van der Waals surface area contributed by atoms with Crippen molar-refractivity contribution in [2.45, 2.75) is 26.8 Å². The first-order valence-electron chi connectivity index (χ1n) is 6.64. The maximum atomic E-state index is 14.3. The van der Waals surface area contributed by atoms with E-state index in [1.807, 2.05) is 6.92 Å². The molecule has 2 heterocycles. The van der Waals surface area contributed by atoms with E-state index >= 15 is 0 Å². The molecule has 0 aliphatic carbocycles. The number of rotatable bonds is 6. The Morgan fingerprint density at radius 2 is 2.25 bits per heavy atom. The minimum absolute atomic E-state index is 0.0243. The summed E-state index contributed by atoms with van der Waals surface area (Å²) >= 11 is 0. The fourth-order valence-electron chi connectivity index (χ4n) is 1.85. The van der Waals surface area contributed by atoms with Gasteiger partial charge in [-0.15, -0.1) is 0 Å². The van der Waals surface area contributed by atoms with Gasteiger partial charge in [0.1, 0.15) is 0 Å². The summed E-state index contributed by atoms with van der Waals surface area (Å²) in [5, 5.41) is 7.31. The molecular weight excluding hydrogens is 259 g/mol. The van der Waals surface area contributed by atoms with Crippen molar-refractivity contribution in [3.05, 3.63) is 35.4 Å². The van der Waals surface area contributed by atoms with Gasteiger partial charge in [0, 0.05) is 31.4 Å². The third kappa shape index (κ3) is 3.33. The zero-order valence-electron chi connectivity index (χ0n) is 12.0. The van der Waals surface area contributed by atoms with Gasteiger partial charge in [-0.2, -0.15) is 5.10 Å². The normalized spacial score (nSPS) is 10.8. The summed E-state index contributed by atoms with van der Waals surface area (Å²) in [4.78, 5) is 3.95. The number of aryl methyl sites for hydroxylation is 2. The quantitative estimate of drug-likeness (QED) is 0.825. The molecule has 0 fully saturated rings. The lowest BCUT2D eigenvalue weighted by molar-refractivity contribution is 0.384. The monoisotopic (exact) mass is 278 g/mol. The molecule has 0 bridgehead atoms. The molecule has 2 rings (SSSR count). The fraction of sp³-hybridized carbons (Fsp3) is 0.429. The van der Waals surface area contributed by atoms with Crippen molar-refractivity contribution in [2.24, 2.45) is 7.05 Å². The first-order valence-corrected chi connectivity index (χ1v) is 6.64. The van der Waals surface area contributed by atoms with Crippen LogP contribution in [0.3, 0.4) is 0 Å². The number of ether oxygens (including phenoxy) is 1. The van der Waals surface area contributed by atoms with Crippen molar-refractivity contribution >= 4 is 0 Å². The van der Waals surface area contributed by atoms with Crippen LogP contribution < -0.4 is 10.1 Å². The fourth-order valence-corrected chi connectivity index (χ4v) is 1.85. The van der Waals surface area contributed by atoms with Crippen molar-refractivity contribution in [1.29, 1.82) is 0 Å². The Balaban J connectivity index is 2.16. The van der Waals surface area contributed by atoms with Gasteiger partial charge in [-0.25, -0.2) is 14.1 Å². The molecule has 20 heavy (non-hydrogen) atoms. The minimum atomic E-state index is -0.435. The van der Waals surface area contributed by atoms with Crippen molar-refractivity contribution in [3.63, 3.8) is 0 Å². The van der Waals surface area contributed by atoms with Crippen LogP contribution in [0.15, 0.2) is 18.3 Å². The van der Waals surface area contributed by atoms with Crippen LogP contribution in [0, 0.1) is 12.7 Å². The maximum Gasteiger partial charge on any atom is 0.257 e. The van der Waals surface area contributed by atoms with E-state index < -0.39 is 5.82 Å². The molecule has 0 saturated heterocycles. The van der Waals surface area contributed by atoms with Crippen LogP contribution in [-0.4, -0.2) is 21.3 Å². The number of halogens is 1. The first kappa shape index (κ1) is 14.5. The third-order valence-corrected chi connectivity index (χ3v) is 2.84. The minimum Gasteiger partial charge on any atom is -0.418 e. The molecule has 0 aliphatic heterocycles. The van der Waals surface area contributed by atoms with E-state index in [9.17, 15) is 4.39 Å². The summed E-state index contributed by atoms with van der Waals surface area (Å²) in [6.07, 6.45) is 2.55. The standard InChI is InChI=1S/C14H19FN4O/c1-4-6-16-9-11-5-7-17-14(13(11)15)20-12-8-10(2)18-19(12)3/h5,7-8,16H,4,6,9H2,1-3H3. The second-order valence-electron chi connectivity index (χ2n) is 4.62. The predicted octanol–water partition coefficient (Wildman–Crippen LogP) is 2.55. The van der Waals surface area contributed by atoms with Crippen LogP contribution in [-0.2, 0) is 13.6 Å². The summed E-state index contributed by atoms with van der Waals surface area (Å²) in [5.41, 5.74) is 1.35. The van der Waals surface area contributed by atoms with Gasteiger partial charge in [0.05, 0.1) is 5.69 Å². The number of aromatic nitrogens is 3. The van der Waals surface area contributed by atoms with E-state index in [1.54, 1.807) is 30.1 Å². The van der Waals surface area contributed by atoms with Gasteiger partial charge in [0.25, 0.3) is 5.88 Å². The lowest BCUT2D eigenvalue weighted by atomic mass is 10.2. The average Bonchev–Trinajstić information content (AvgIpc) is 2.72.